The number of likely N-dealkylation sites (tertiary alicyclic amines) is 1. The number of aryl methyl sites for hydroxylation is 2. The maximum atomic E-state index is 13.6. The number of rotatable bonds is 5. The molecule has 1 aromatic carbocycles. The quantitative estimate of drug-likeness (QED) is 0.839. The Bertz CT molecular complexity index is 783. The number of hydrogen-bond acceptors (Lipinski definition) is 3. The van der Waals surface area contributed by atoms with Gasteiger partial charge in [0.1, 0.15) is 5.82 Å². The summed E-state index contributed by atoms with van der Waals surface area (Å²) in [7, 11) is 0. The van der Waals surface area contributed by atoms with Crippen molar-refractivity contribution in [2.45, 2.75) is 51.0 Å². The maximum Gasteiger partial charge on any atom is 0.222 e. The molecule has 5 nitrogen and oxygen atoms in total. The second-order valence-corrected chi connectivity index (χ2v) is 7.26. The number of amides is 1. The van der Waals surface area contributed by atoms with E-state index in [0.717, 1.165) is 24.2 Å². The van der Waals surface area contributed by atoms with E-state index in [2.05, 4.69) is 10.3 Å². The van der Waals surface area contributed by atoms with Crippen molar-refractivity contribution in [3.63, 3.8) is 0 Å². The number of halogens is 1. The smallest absolute Gasteiger partial charge is 0.222 e. The van der Waals surface area contributed by atoms with Crippen molar-refractivity contribution < 1.29 is 9.18 Å². The van der Waals surface area contributed by atoms with Gasteiger partial charge in [-0.1, -0.05) is 17.3 Å². The van der Waals surface area contributed by atoms with Crippen molar-refractivity contribution in [2.75, 3.05) is 13.1 Å². The molecule has 1 unspecified atom stereocenters. The highest BCUT2D eigenvalue weighted by Gasteiger charge is 2.31. The summed E-state index contributed by atoms with van der Waals surface area (Å²) in [5, 5.41) is 8.51. The number of carbonyl (C=O) groups is 1. The summed E-state index contributed by atoms with van der Waals surface area (Å²) in [6.07, 6.45) is 6.39. The lowest BCUT2D eigenvalue weighted by molar-refractivity contribution is -0.130. The van der Waals surface area contributed by atoms with Gasteiger partial charge in [0.25, 0.3) is 0 Å². The summed E-state index contributed by atoms with van der Waals surface area (Å²) < 4.78 is 15.5. The van der Waals surface area contributed by atoms with E-state index in [-0.39, 0.29) is 17.8 Å². The summed E-state index contributed by atoms with van der Waals surface area (Å²) in [5.74, 6) is 0.526. The van der Waals surface area contributed by atoms with Crippen LogP contribution in [0.25, 0.3) is 0 Å². The Hall–Kier alpha value is -2.24. The van der Waals surface area contributed by atoms with Gasteiger partial charge < -0.3 is 4.90 Å². The van der Waals surface area contributed by atoms with E-state index in [9.17, 15) is 9.18 Å². The second-order valence-electron chi connectivity index (χ2n) is 7.26. The molecule has 1 aliphatic heterocycles. The van der Waals surface area contributed by atoms with Gasteiger partial charge in [-0.05, 0) is 49.8 Å². The fourth-order valence-corrected chi connectivity index (χ4v) is 3.42. The van der Waals surface area contributed by atoms with E-state index in [1.165, 1.54) is 18.9 Å². The molecule has 0 spiro atoms. The number of carbonyl (C=O) groups excluding carboxylic acids is 1. The third kappa shape index (κ3) is 3.57. The zero-order valence-corrected chi connectivity index (χ0v) is 14.5. The molecule has 0 bridgehead atoms. The first-order valence-corrected chi connectivity index (χ1v) is 9.04. The van der Waals surface area contributed by atoms with E-state index in [1.54, 1.807) is 13.0 Å². The van der Waals surface area contributed by atoms with Crippen molar-refractivity contribution in [1.82, 2.24) is 19.9 Å². The Morgan fingerprint density at radius 1 is 1.32 bits per heavy atom. The fraction of sp³-hybridized carbons (Fsp3) is 0.526. The zero-order valence-electron chi connectivity index (χ0n) is 14.5. The first-order valence-electron chi connectivity index (χ1n) is 9.04. The molecule has 2 fully saturated rings. The average Bonchev–Trinajstić information content (AvgIpc) is 3.13. The fourth-order valence-electron chi connectivity index (χ4n) is 3.42. The molecule has 1 saturated carbocycles. The number of hydrogen-bond donors (Lipinski definition) is 0. The molecule has 1 amide bonds. The highest BCUT2D eigenvalue weighted by Crippen LogP contribution is 2.39. The summed E-state index contributed by atoms with van der Waals surface area (Å²) in [6, 6.07) is 5.42. The van der Waals surface area contributed by atoms with Crippen molar-refractivity contribution >= 4 is 5.91 Å². The van der Waals surface area contributed by atoms with Gasteiger partial charge in [0.2, 0.25) is 5.91 Å². The molecule has 2 aliphatic rings. The first-order chi connectivity index (χ1) is 12.1. The molecule has 1 saturated heterocycles. The normalized spacial score (nSPS) is 20.2. The standard InChI is InChI=1S/C19H23FN4O/c1-13-2-3-14(10-17(13)20)4-7-19(25)23-9-8-16(11-23)24-12-18(21-22-24)15-5-6-15/h2-3,10,12,15-16H,4-9,11H2,1H3. The number of nitrogens with zero attached hydrogens (tertiary/aromatic N) is 4. The van der Waals surface area contributed by atoms with Crippen LogP contribution in [0, 0.1) is 12.7 Å². The lowest BCUT2D eigenvalue weighted by atomic mass is 10.1. The molecule has 25 heavy (non-hydrogen) atoms. The van der Waals surface area contributed by atoms with Crippen LogP contribution in [0.5, 0.6) is 0 Å². The molecular formula is C19H23FN4O. The van der Waals surface area contributed by atoms with Crippen LogP contribution >= 0.6 is 0 Å². The van der Waals surface area contributed by atoms with Crippen molar-refractivity contribution in [1.29, 1.82) is 0 Å². The average molecular weight is 342 g/mol. The Morgan fingerprint density at radius 3 is 2.92 bits per heavy atom. The molecular weight excluding hydrogens is 319 g/mol. The van der Waals surface area contributed by atoms with Crippen molar-refractivity contribution in [3.05, 3.63) is 47.0 Å². The van der Waals surface area contributed by atoms with Crippen LogP contribution in [0.1, 0.15) is 54.5 Å². The van der Waals surface area contributed by atoms with Gasteiger partial charge in [-0.15, -0.1) is 5.10 Å². The number of aromatic nitrogens is 3. The molecule has 2 heterocycles. The Labute approximate surface area is 146 Å². The van der Waals surface area contributed by atoms with E-state index in [1.807, 2.05) is 21.8 Å². The van der Waals surface area contributed by atoms with E-state index in [0.29, 0.717) is 30.9 Å². The van der Waals surface area contributed by atoms with Gasteiger partial charge >= 0.3 is 0 Å². The summed E-state index contributed by atoms with van der Waals surface area (Å²) in [4.78, 5) is 14.4. The van der Waals surface area contributed by atoms with Crippen LogP contribution in [-0.2, 0) is 11.2 Å². The maximum absolute atomic E-state index is 13.6. The largest absolute Gasteiger partial charge is 0.340 e. The molecule has 0 N–H and O–H groups in total. The highest BCUT2D eigenvalue weighted by molar-refractivity contribution is 5.76. The predicted octanol–water partition coefficient (Wildman–Crippen LogP) is 3.01. The highest BCUT2D eigenvalue weighted by atomic mass is 19.1. The van der Waals surface area contributed by atoms with Crippen LogP contribution in [0.4, 0.5) is 4.39 Å². The Kier molecular flexibility index (Phi) is 4.27. The van der Waals surface area contributed by atoms with Crippen LogP contribution in [0.15, 0.2) is 24.4 Å². The number of benzene rings is 1. The van der Waals surface area contributed by atoms with Crippen LogP contribution in [0.3, 0.4) is 0 Å². The predicted molar refractivity (Wildman–Crippen MR) is 91.7 cm³/mol. The van der Waals surface area contributed by atoms with Gasteiger partial charge in [-0.2, -0.15) is 0 Å². The third-order valence-corrected chi connectivity index (χ3v) is 5.28. The molecule has 1 atom stereocenters. The minimum atomic E-state index is -0.205. The minimum Gasteiger partial charge on any atom is -0.340 e. The van der Waals surface area contributed by atoms with Gasteiger partial charge in [0, 0.05) is 31.6 Å². The van der Waals surface area contributed by atoms with Gasteiger partial charge in [0.15, 0.2) is 0 Å². The second kappa shape index (κ2) is 6.58. The van der Waals surface area contributed by atoms with Crippen molar-refractivity contribution in [3.8, 4) is 0 Å². The van der Waals surface area contributed by atoms with Crippen LogP contribution < -0.4 is 0 Å². The van der Waals surface area contributed by atoms with Crippen LogP contribution in [-0.4, -0.2) is 38.9 Å². The SMILES string of the molecule is Cc1ccc(CCC(=O)N2CCC(n3cc(C4CC4)nn3)C2)cc1F. The van der Waals surface area contributed by atoms with Crippen molar-refractivity contribution in [2.24, 2.45) is 0 Å². The minimum absolute atomic E-state index is 0.131. The van der Waals surface area contributed by atoms with E-state index < -0.39 is 0 Å². The van der Waals surface area contributed by atoms with Crippen LogP contribution in [0.2, 0.25) is 0 Å². The zero-order chi connectivity index (χ0) is 17.4. The Balaban J connectivity index is 1.31. The first kappa shape index (κ1) is 16.2. The lowest BCUT2D eigenvalue weighted by Gasteiger charge is -2.16. The third-order valence-electron chi connectivity index (χ3n) is 5.28. The molecule has 132 valence electrons. The molecule has 4 rings (SSSR count). The molecule has 6 heteroatoms. The van der Waals surface area contributed by atoms with Gasteiger partial charge in [-0.25, -0.2) is 9.07 Å². The van der Waals surface area contributed by atoms with E-state index in [4.69, 9.17) is 0 Å². The van der Waals surface area contributed by atoms with Gasteiger partial charge in [0.05, 0.1) is 11.7 Å². The summed E-state index contributed by atoms with van der Waals surface area (Å²) >= 11 is 0. The van der Waals surface area contributed by atoms with Gasteiger partial charge in [-0.3, -0.25) is 4.79 Å². The summed E-state index contributed by atoms with van der Waals surface area (Å²) in [5.41, 5.74) is 2.60. The topological polar surface area (TPSA) is 51.0 Å². The molecule has 2 aromatic rings. The summed E-state index contributed by atoms with van der Waals surface area (Å²) in [6.45, 7) is 3.19. The monoisotopic (exact) mass is 342 g/mol. The molecule has 1 aromatic heterocycles. The van der Waals surface area contributed by atoms with E-state index >= 15 is 0 Å². The molecule has 0 radical (unpaired) electrons. The lowest BCUT2D eigenvalue weighted by Crippen LogP contribution is -2.29. The Morgan fingerprint density at radius 2 is 2.16 bits per heavy atom. The molecule has 1 aliphatic carbocycles.